The zero-order chi connectivity index (χ0) is 12.6. The van der Waals surface area contributed by atoms with Gasteiger partial charge in [0.25, 0.3) is 0 Å². The lowest BCUT2D eigenvalue weighted by Crippen LogP contribution is -2.57. The Kier molecular flexibility index (Phi) is 6.33. The van der Waals surface area contributed by atoms with Crippen molar-refractivity contribution >= 4 is 0 Å². The van der Waals surface area contributed by atoms with E-state index in [0.717, 1.165) is 52.4 Å². The Morgan fingerprint density at radius 3 is 2.22 bits per heavy atom. The summed E-state index contributed by atoms with van der Waals surface area (Å²) >= 11 is 0. The lowest BCUT2D eigenvalue weighted by Gasteiger charge is -2.35. The van der Waals surface area contributed by atoms with E-state index < -0.39 is 0 Å². The molecule has 2 aliphatic rings. The molecule has 0 aromatic carbocycles. The van der Waals surface area contributed by atoms with Gasteiger partial charge in [-0.15, -0.1) is 0 Å². The van der Waals surface area contributed by atoms with Crippen molar-refractivity contribution in [3.8, 4) is 0 Å². The number of nitrogens with zero attached hydrogens (tertiary/aromatic N) is 2. The summed E-state index contributed by atoms with van der Waals surface area (Å²) in [4.78, 5) is 4.96. The molecule has 5 N–H and O–H groups in total. The van der Waals surface area contributed by atoms with Crippen LogP contribution in [0.15, 0.2) is 0 Å². The Hall–Kier alpha value is -0.240. The molecule has 0 amide bonds. The first kappa shape index (κ1) is 14.2. The Morgan fingerprint density at radius 1 is 1.00 bits per heavy atom. The van der Waals surface area contributed by atoms with E-state index in [1.165, 1.54) is 13.1 Å². The molecule has 2 heterocycles. The summed E-state index contributed by atoms with van der Waals surface area (Å²) in [6.45, 7) is 11.8. The van der Waals surface area contributed by atoms with Crippen LogP contribution in [0.3, 0.4) is 0 Å². The summed E-state index contributed by atoms with van der Waals surface area (Å²) < 4.78 is 0. The summed E-state index contributed by atoms with van der Waals surface area (Å²) in [7, 11) is 0. The molecule has 0 saturated carbocycles. The normalized spacial score (nSPS) is 25.2. The summed E-state index contributed by atoms with van der Waals surface area (Å²) in [6.07, 6.45) is 0.343. The zero-order valence-corrected chi connectivity index (χ0v) is 11.3. The van der Waals surface area contributed by atoms with Crippen LogP contribution in [0.5, 0.6) is 0 Å². The van der Waals surface area contributed by atoms with Crippen LogP contribution in [0, 0.1) is 0 Å². The third kappa shape index (κ3) is 4.46. The van der Waals surface area contributed by atoms with Crippen LogP contribution in [0.4, 0.5) is 0 Å². The van der Waals surface area contributed by atoms with Gasteiger partial charge in [0.2, 0.25) is 0 Å². The van der Waals surface area contributed by atoms with Crippen LogP contribution in [0.2, 0.25) is 0 Å². The highest BCUT2D eigenvalue weighted by Crippen LogP contribution is 1.98. The van der Waals surface area contributed by atoms with Crippen molar-refractivity contribution in [3.05, 3.63) is 0 Å². The van der Waals surface area contributed by atoms with Gasteiger partial charge in [-0.3, -0.25) is 15.1 Å². The van der Waals surface area contributed by atoms with Crippen molar-refractivity contribution in [3.63, 3.8) is 0 Å². The molecule has 0 aromatic rings. The molecule has 106 valence electrons. The van der Waals surface area contributed by atoms with E-state index in [2.05, 4.69) is 25.8 Å². The first-order valence-corrected chi connectivity index (χ1v) is 7.21. The maximum atomic E-state index is 5.87. The molecule has 0 spiro atoms. The standard InChI is InChI=1S/C12H28N6/c13-11-12(18-9-3-15-4-10-18)16-5-8-17-6-1-14-2-7-17/h12,14-16H,1-11,13H2. The number of nitrogens with two attached hydrogens (primary N) is 1. The average Bonchev–Trinajstić information content (AvgIpc) is 2.46. The van der Waals surface area contributed by atoms with E-state index in [9.17, 15) is 0 Å². The largest absolute Gasteiger partial charge is 0.328 e. The van der Waals surface area contributed by atoms with Gasteiger partial charge >= 0.3 is 0 Å². The molecule has 2 fully saturated rings. The summed E-state index contributed by atoms with van der Waals surface area (Å²) in [5.74, 6) is 0. The SMILES string of the molecule is NCC(NCCN1CCNCC1)N1CCNCC1. The second-order valence-electron chi connectivity index (χ2n) is 5.08. The summed E-state index contributed by atoms with van der Waals surface area (Å²) in [5.41, 5.74) is 5.87. The van der Waals surface area contributed by atoms with Gasteiger partial charge in [0, 0.05) is 72.0 Å². The Balaban J connectivity index is 1.63. The molecular weight excluding hydrogens is 228 g/mol. The molecule has 1 unspecified atom stereocenters. The fourth-order valence-corrected chi connectivity index (χ4v) is 2.68. The van der Waals surface area contributed by atoms with Crippen molar-refractivity contribution in [2.45, 2.75) is 6.17 Å². The Bertz CT molecular complexity index is 213. The van der Waals surface area contributed by atoms with Gasteiger partial charge < -0.3 is 16.4 Å². The summed E-state index contributed by atoms with van der Waals surface area (Å²) in [5, 5.41) is 10.4. The van der Waals surface area contributed by atoms with Crippen molar-refractivity contribution in [2.75, 3.05) is 72.0 Å². The topological polar surface area (TPSA) is 68.6 Å². The molecule has 2 aliphatic heterocycles. The quantitative estimate of drug-likeness (QED) is 0.427. The maximum absolute atomic E-state index is 5.87. The van der Waals surface area contributed by atoms with Gasteiger partial charge in [-0.2, -0.15) is 0 Å². The predicted octanol–water partition coefficient (Wildman–Crippen LogP) is -2.33. The van der Waals surface area contributed by atoms with Crippen molar-refractivity contribution in [1.29, 1.82) is 0 Å². The second-order valence-corrected chi connectivity index (χ2v) is 5.08. The number of rotatable bonds is 6. The lowest BCUT2D eigenvalue weighted by atomic mass is 10.3. The smallest absolute Gasteiger partial charge is 0.0724 e. The van der Waals surface area contributed by atoms with Crippen LogP contribution in [0.25, 0.3) is 0 Å². The van der Waals surface area contributed by atoms with Gasteiger partial charge in [-0.1, -0.05) is 0 Å². The Labute approximate surface area is 110 Å². The van der Waals surface area contributed by atoms with E-state index in [-0.39, 0.29) is 0 Å². The highest BCUT2D eigenvalue weighted by atomic mass is 15.3. The fraction of sp³-hybridized carbons (Fsp3) is 1.00. The highest BCUT2D eigenvalue weighted by molar-refractivity contribution is 4.77. The number of hydrogen-bond acceptors (Lipinski definition) is 6. The minimum Gasteiger partial charge on any atom is -0.328 e. The van der Waals surface area contributed by atoms with Gasteiger partial charge in [-0.25, -0.2) is 0 Å². The molecule has 2 saturated heterocycles. The summed E-state index contributed by atoms with van der Waals surface area (Å²) in [6, 6.07) is 0. The number of nitrogens with one attached hydrogen (secondary N) is 3. The van der Waals surface area contributed by atoms with E-state index in [4.69, 9.17) is 5.73 Å². The zero-order valence-electron chi connectivity index (χ0n) is 11.3. The molecule has 0 aromatic heterocycles. The first-order valence-electron chi connectivity index (χ1n) is 7.21. The van der Waals surface area contributed by atoms with Crippen molar-refractivity contribution in [2.24, 2.45) is 5.73 Å². The predicted molar refractivity (Wildman–Crippen MR) is 74.6 cm³/mol. The molecule has 6 heteroatoms. The van der Waals surface area contributed by atoms with Gasteiger partial charge in [0.1, 0.15) is 0 Å². The molecule has 1 atom stereocenters. The molecule has 0 aliphatic carbocycles. The first-order chi connectivity index (χ1) is 8.90. The fourth-order valence-electron chi connectivity index (χ4n) is 2.68. The monoisotopic (exact) mass is 256 g/mol. The average molecular weight is 256 g/mol. The number of piperazine rings is 2. The molecule has 0 radical (unpaired) electrons. The van der Waals surface area contributed by atoms with E-state index in [0.29, 0.717) is 12.7 Å². The van der Waals surface area contributed by atoms with E-state index in [1.54, 1.807) is 0 Å². The van der Waals surface area contributed by atoms with Gasteiger partial charge in [0.15, 0.2) is 0 Å². The maximum Gasteiger partial charge on any atom is 0.0724 e. The van der Waals surface area contributed by atoms with Crippen LogP contribution < -0.4 is 21.7 Å². The molecule has 6 nitrogen and oxygen atoms in total. The molecule has 0 bridgehead atoms. The van der Waals surface area contributed by atoms with E-state index in [1.807, 2.05) is 0 Å². The highest BCUT2D eigenvalue weighted by Gasteiger charge is 2.18. The van der Waals surface area contributed by atoms with Gasteiger partial charge in [-0.05, 0) is 0 Å². The molecule has 2 rings (SSSR count). The second kappa shape index (κ2) is 8.04. The van der Waals surface area contributed by atoms with Crippen molar-refractivity contribution < 1.29 is 0 Å². The van der Waals surface area contributed by atoms with E-state index >= 15 is 0 Å². The lowest BCUT2D eigenvalue weighted by molar-refractivity contribution is 0.143. The van der Waals surface area contributed by atoms with Crippen LogP contribution >= 0.6 is 0 Å². The minimum absolute atomic E-state index is 0.343. The molecular formula is C12H28N6. The third-order valence-corrected chi connectivity index (χ3v) is 3.83. The van der Waals surface area contributed by atoms with Crippen LogP contribution in [-0.2, 0) is 0 Å². The molecule has 18 heavy (non-hydrogen) atoms. The number of hydrogen-bond donors (Lipinski definition) is 4. The third-order valence-electron chi connectivity index (χ3n) is 3.83. The van der Waals surface area contributed by atoms with Gasteiger partial charge in [0.05, 0.1) is 6.17 Å². The van der Waals surface area contributed by atoms with Crippen molar-refractivity contribution in [1.82, 2.24) is 25.8 Å². The Morgan fingerprint density at radius 2 is 1.61 bits per heavy atom. The van der Waals surface area contributed by atoms with Crippen LogP contribution in [0.1, 0.15) is 0 Å². The minimum atomic E-state index is 0.343. The van der Waals surface area contributed by atoms with Crippen LogP contribution in [-0.4, -0.2) is 88.0 Å².